The highest BCUT2D eigenvalue weighted by atomic mass is 127. The second-order valence-electron chi connectivity index (χ2n) is 8.22. The number of anilines is 2. The van der Waals surface area contributed by atoms with Gasteiger partial charge in [-0.1, -0.05) is 24.3 Å². The van der Waals surface area contributed by atoms with Crippen molar-refractivity contribution in [3.63, 3.8) is 0 Å². The molecule has 0 atom stereocenters. The van der Waals surface area contributed by atoms with Gasteiger partial charge in [0.25, 0.3) is 0 Å². The van der Waals surface area contributed by atoms with Crippen LogP contribution in [0.25, 0.3) is 0 Å². The van der Waals surface area contributed by atoms with Gasteiger partial charge >= 0.3 is 0 Å². The van der Waals surface area contributed by atoms with E-state index < -0.39 is 0 Å². The van der Waals surface area contributed by atoms with Gasteiger partial charge in [0, 0.05) is 30.8 Å². The summed E-state index contributed by atoms with van der Waals surface area (Å²) in [6, 6.07) is 16.9. The SMILES string of the molecule is N=C(c1ccc(Oc2ccccc2)cc1)c1c(N)ncnc1NC1CCN(C(=O)/C=C/COI)CC1. The van der Waals surface area contributed by atoms with Gasteiger partial charge in [-0.15, -0.1) is 0 Å². The molecule has 4 rings (SSSR count). The zero-order valence-electron chi connectivity index (χ0n) is 19.6. The Morgan fingerprint density at radius 2 is 1.81 bits per heavy atom. The lowest BCUT2D eigenvalue weighted by Crippen LogP contribution is -2.42. The normalized spacial score (nSPS) is 14.1. The van der Waals surface area contributed by atoms with Gasteiger partial charge in [-0.05, 0) is 49.2 Å². The van der Waals surface area contributed by atoms with Gasteiger partial charge in [-0.25, -0.2) is 9.97 Å². The van der Waals surface area contributed by atoms with Crippen molar-refractivity contribution in [2.45, 2.75) is 18.9 Å². The summed E-state index contributed by atoms with van der Waals surface area (Å²) in [5, 5.41) is 12.2. The van der Waals surface area contributed by atoms with Crippen LogP contribution in [0.15, 0.2) is 73.1 Å². The molecule has 9 nitrogen and oxygen atoms in total. The van der Waals surface area contributed by atoms with E-state index in [1.807, 2.05) is 59.5 Å². The summed E-state index contributed by atoms with van der Waals surface area (Å²) in [6.45, 7) is 1.65. The fourth-order valence-corrected chi connectivity index (χ4v) is 4.15. The molecule has 1 saturated heterocycles. The molecule has 1 aliphatic heterocycles. The first-order valence-corrected chi connectivity index (χ1v) is 12.4. The largest absolute Gasteiger partial charge is 0.457 e. The molecule has 3 aromatic rings. The minimum absolute atomic E-state index is 0.0182. The second-order valence-corrected chi connectivity index (χ2v) is 8.84. The number of nitrogens with two attached hydrogens (primary N) is 1. The molecule has 0 radical (unpaired) electrons. The number of amides is 1. The van der Waals surface area contributed by atoms with Crippen molar-refractivity contribution in [2.24, 2.45) is 0 Å². The molecule has 0 aliphatic carbocycles. The van der Waals surface area contributed by atoms with Gasteiger partial charge in [0.15, 0.2) is 0 Å². The lowest BCUT2D eigenvalue weighted by Gasteiger charge is -2.32. The first kappa shape index (κ1) is 25.6. The van der Waals surface area contributed by atoms with Gasteiger partial charge in [0.2, 0.25) is 5.91 Å². The van der Waals surface area contributed by atoms with E-state index in [2.05, 4.69) is 15.3 Å². The van der Waals surface area contributed by atoms with Crippen LogP contribution in [-0.2, 0) is 7.86 Å². The van der Waals surface area contributed by atoms with Crippen LogP contribution >= 0.6 is 23.0 Å². The quantitative estimate of drug-likeness (QED) is 0.187. The lowest BCUT2D eigenvalue weighted by atomic mass is 10.0. The number of likely N-dealkylation sites (tertiary alicyclic amines) is 1. The van der Waals surface area contributed by atoms with Crippen LogP contribution in [0, 0.1) is 5.41 Å². The number of nitrogens with one attached hydrogen (secondary N) is 2. The number of nitrogens with zero attached hydrogens (tertiary/aromatic N) is 3. The smallest absolute Gasteiger partial charge is 0.246 e. The Balaban J connectivity index is 1.42. The molecule has 186 valence electrons. The molecule has 0 unspecified atom stereocenters. The number of ether oxygens (including phenoxy) is 1. The Hall–Kier alpha value is -3.51. The third-order valence-electron chi connectivity index (χ3n) is 5.82. The van der Waals surface area contributed by atoms with Crippen molar-refractivity contribution in [1.29, 1.82) is 5.41 Å². The minimum atomic E-state index is -0.0182. The van der Waals surface area contributed by atoms with Crippen molar-refractivity contribution >= 4 is 46.3 Å². The molecule has 4 N–H and O–H groups in total. The number of carbonyl (C=O) groups is 1. The first-order chi connectivity index (χ1) is 17.5. The zero-order chi connectivity index (χ0) is 25.3. The third-order valence-corrected chi connectivity index (χ3v) is 6.18. The van der Waals surface area contributed by atoms with Gasteiger partial charge in [0.05, 0.1) is 17.9 Å². The van der Waals surface area contributed by atoms with Crippen LogP contribution in [0.4, 0.5) is 11.6 Å². The standard InChI is InChI=1S/C26H27IN6O3/c27-35-16-4-7-22(34)33-14-12-19(13-15-33)32-26-23(25(29)30-17-31-26)24(28)18-8-10-21(11-9-18)36-20-5-2-1-3-6-20/h1-11,17,19,28H,12-16H2,(H3,29,30,31,32)/b7-4+,28-24?. The van der Waals surface area contributed by atoms with Gasteiger partial charge in [-0.3, -0.25) is 10.2 Å². The van der Waals surface area contributed by atoms with E-state index in [-0.39, 0.29) is 23.5 Å². The van der Waals surface area contributed by atoms with Crippen LogP contribution in [0.1, 0.15) is 24.0 Å². The van der Waals surface area contributed by atoms with E-state index in [9.17, 15) is 4.79 Å². The fourth-order valence-electron chi connectivity index (χ4n) is 3.94. The number of hydrogen-bond donors (Lipinski definition) is 3. The Morgan fingerprint density at radius 1 is 1.11 bits per heavy atom. The van der Waals surface area contributed by atoms with Crippen molar-refractivity contribution in [3.05, 3.63) is 84.2 Å². The summed E-state index contributed by atoms with van der Waals surface area (Å²) in [5.74, 6) is 2.14. The topological polar surface area (TPSA) is 126 Å². The molecular weight excluding hydrogens is 571 g/mol. The molecule has 1 amide bonds. The summed E-state index contributed by atoms with van der Waals surface area (Å²) < 4.78 is 10.8. The highest BCUT2D eigenvalue weighted by Gasteiger charge is 2.24. The van der Waals surface area contributed by atoms with E-state index >= 15 is 0 Å². The summed E-state index contributed by atoms with van der Waals surface area (Å²) in [5.41, 5.74) is 7.53. The number of carbonyl (C=O) groups excluding carboxylic acids is 1. The van der Waals surface area contributed by atoms with E-state index in [0.717, 1.165) is 18.6 Å². The molecule has 1 aliphatic rings. The molecule has 1 aromatic heterocycles. The maximum absolute atomic E-state index is 12.3. The number of para-hydroxylation sites is 1. The molecule has 36 heavy (non-hydrogen) atoms. The number of benzene rings is 2. The average molecular weight is 598 g/mol. The number of halogens is 1. The number of nitrogen functional groups attached to an aromatic ring is 1. The van der Waals surface area contributed by atoms with Crippen LogP contribution < -0.4 is 15.8 Å². The highest BCUT2D eigenvalue weighted by molar-refractivity contribution is 14.1. The van der Waals surface area contributed by atoms with Crippen LogP contribution in [0.5, 0.6) is 11.5 Å². The van der Waals surface area contributed by atoms with Crippen molar-refractivity contribution < 1.29 is 12.6 Å². The van der Waals surface area contributed by atoms with Crippen molar-refractivity contribution in [1.82, 2.24) is 14.9 Å². The molecule has 0 saturated carbocycles. The third kappa shape index (κ3) is 6.58. The molecule has 0 spiro atoms. The molecule has 0 bridgehead atoms. The summed E-state index contributed by atoms with van der Waals surface area (Å²) in [7, 11) is 0. The Labute approximate surface area is 223 Å². The molecule has 1 fully saturated rings. The van der Waals surface area contributed by atoms with Crippen LogP contribution in [0.2, 0.25) is 0 Å². The second kappa shape index (κ2) is 12.5. The van der Waals surface area contributed by atoms with Crippen LogP contribution in [-0.4, -0.2) is 52.2 Å². The van der Waals surface area contributed by atoms with Gasteiger partial charge in [-0.2, -0.15) is 0 Å². The average Bonchev–Trinajstić information content (AvgIpc) is 2.90. The monoisotopic (exact) mass is 598 g/mol. The summed E-state index contributed by atoms with van der Waals surface area (Å²) >= 11 is 1.80. The van der Waals surface area contributed by atoms with E-state index in [1.54, 1.807) is 35.2 Å². The maximum atomic E-state index is 12.3. The maximum Gasteiger partial charge on any atom is 0.246 e. The number of hydrogen-bond acceptors (Lipinski definition) is 8. The zero-order valence-corrected chi connectivity index (χ0v) is 21.7. The summed E-state index contributed by atoms with van der Waals surface area (Å²) in [6.07, 6.45) is 6.16. The molecular formula is C26H27IN6O3. The Kier molecular flexibility index (Phi) is 8.85. The van der Waals surface area contributed by atoms with Crippen LogP contribution in [0.3, 0.4) is 0 Å². The van der Waals surface area contributed by atoms with E-state index in [1.165, 1.54) is 6.33 Å². The van der Waals surface area contributed by atoms with Crippen molar-refractivity contribution in [2.75, 3.05) is 30.7 Å². The fraction of sp³-hybridized carbons (Fsp3) is 0.231. The summed E-state index contributed by atoms with van der Waals surface area (Å²) in [4.78, 5) is 22.6. The first-order valence-electron chi connectivity index (χ1n) is 11.5. The van der Waals surface area contributed by atoms with Gasteiger partial charge in [0.1, 0.15) is 52.5 Å². The van der Waals surface area contributed by atoms with E-state index in [4.69, 9.17) is 18.9 Å². The lowest BCUT2D eigenvalue weighted by molar-refractivity contribution is -0.126. The highest BCUT2D eigenvalue weighted by Crippen LogP contribution is 2.26. The molecule has 2 aromatic carbocycles. The predicted octanol–water partition coefficient (Wildman–Crippen LogP) is 4.59. The molecule has 10 heteroatoms. The molecule has 2 heterocycles. The van der Waals surface area contributed by atoms with E-state index in [0.29, 0.717) is 42.4 Å². The Bertz CT molecular complexity index is 1210. The number of aromatic nitrogens is 2. The number of piperidine rings is 1. The van der Waals surface area contributed by atoms with Crippen molar-refractivity contribution in [3.8, 4) is 11.5 Å². The Morgan fingerprint density at radius 3 is 2.50 bits per heavy atom. The minimum Gasteiger partial charge on any atom is -0.457 e. The number of rotatable bonds is 9. The van der Waals surface area contributed by atoms with Gasteiger partial charge < -0.3 is 23.8 Å². The predicted molar refractivity (Wildman–Crippen MR) is 148 cm³/mol.